The number of likely N-dealkylation sites (tertiary alicyclic amines) is 1. The molecular weight excluding hydrogens is 268 g/mol. The molecule has 114 valence electrons. The smallest absolute Gasteiger partial charge is 0.225 e. The summed E-state index contributed by atoms with van der Waals surface area (Å²) in [6, 6.07) is 2.25. The first-order chi connectivity index (χ1) is 10.3. The van der Waals surface area contributed by atoms with Crippen LogP contribution in [0.15, 0.2) is 18.6 Å². The number of rotatable bonds is 4. The number of carbonyl (C=O) groups is 1. The Morgan fingerprint density at radius 2 is 2.24 bits per heavy atom. The van der Waals surface area contributed by atoms with Crippen LogP contribution in [0.2, 0.25) is 0 Å². The molecule has 2 saturated heterocycles. The van der Waals surface area contributed by atoms with Gasteiger partial charge in [-0.15, -0.1) is 0 Å². The predicted octanol–water partition coefficient (Wildman–Crippen LogP) is 1.45. The van der Waals surface area contributed by atoms with E-state index in [0.29, 0.717) is 12.5 Å². The van der Waals surface area contributed by atoms with Crippen molar-refractivity contribution in [2.45, 2.75) is 44.2 Å². The SMILES string of the molecule is O=C(CC1CCCO1)N1CCC(Nc2ccncn2)CC1. The molecule has 1 aromatic heterocycles. The van der Waals surface area contributed by atoms with Crippen LogP contribution in [0.4, 0.5) is 5.82 Å². The predicted molar refractivity (Wildman–Crippen MR) is 78.8 cm³/mol. The van der Waals surface area contributed by atoms with E-state index in [-0.39, 0.29) is 12.0 Å². The van der Waals surface area contributed by atoms with Gasteiger partial charge in [-0.3, -0.25) is 4.79 Å². The normalized spacial score (nSPS) is 23.2. The lowest BCUT2D eigenvalue weighted by atomic mass is 10.0. The number of piperidine rings is 1. The van der Waals surface area contributed by atoms with E-state index in [4.69, 9.17) is 4.74 Å². The maximum Gasteiger partial charge on any atom is 0.225 e. The Morgan fingerprint density at radius 3 is 2.90 bits per heavy atom. The van der Waals surface area contributed by atoms with Gasteiger partial charge in [0.2, 0.25) is 5.91 Å². The van der Waals surface area contributed by atoms with E-state index in [1.54, 1.807) is 12.5 Å². The minimum Gasteiger partial charge on any atom is -0.378 e. The molecule has 0 spiro atoms. The molecule has 1 amide bonds. The number of nitrogens with zero attached hydrogens (tertiary/aromatic N) is 3. The van der Waals surface area contributed by atoms with Crippen LogP contribution >= 0.6 is 0 Å². The summed E-state index contributed by atoms with van der Waals surface area (Å²) < 4.78 is 5.54. The number of carbonyl (C=O) groups excluding carboxylic acids is 1. The highest BCUT2D eigenvalue weighted by atomic mass is 16.5. The molecule has 2 aliphatic heterocycles. The average Bonchev–Trinajstić information content (AvgIpc) is 3.02. The van der Waals surface area contributed by atoms with Crippen LogP contribution in [0.3, 0.4) is 0 Å². The summed E-state index contributed by atoms with van der Waals surface area (Å²) >= 11 is 0. The Hall–Kier alpha value is -1.69. The minimum atomic E-state index is 0.148. The summed E-state index contributed by atoms with van der Waals surface area (Å²) in [6.45, 7) is 2.44. The second-order valence-electron chi connectivity index (χ2n) is 5.73. The number of hydrogen-bond donors (Lipinski definition) is 1. The number of aromatic nitrogens is 2. The fraction of sp³-hybridized carbons (Fsp3) is 0.667. The molecule has 2 aliphatic rings. The van der Waals surface area contributed by atoms with E-state index in [9.17, 15) is 4.79 Å². The molecule has 6 nitrogen and oxygen atoms in total. The lowest BCUT2D eigenvalue weighted by Gasteiger charge is -2.33. The standard InChI is InChI=1S/C15H22N4O2/c20-15(10-13-2-1-9-21-13)19-7-4-12(5-8-19)18-14-3-6-16-11-17-14/h3,6,11-13H,1-2,4-5,7-10H2,(H,16,17,18). The topological polar surface area (TPSA) is 67.3 Å². The summed E-state index contributed by atoms with van der Waals surface area (Å²) in [7, 11) is 0. The number of hydrogen-bond acceptors (Lipinski definition) is 5. The molecule has 3 rings (SSSR count). The first-order valence-corrected chi connectivity index (χ1v) is 7.73. The largest absolute Gasteiger partial charge is 0.378 e. The third-order valence-corrected chi connectivity index (χ3v) is 4.21. The molecule has 1 atom stereocenters. The Labute approximate surface area is 124 Å². The van der Waals surface area contributed by atoms with Crippen LogP contribution in [0.5, 0.6) is 0 Å². The number of nitrogens with one attached hydrogen (secondary N) is 1. The maximum absolute atomic E-state index is 12.2. The monoisotopic (exact) mass is 290 g/mol. The van der Waals surface area contributed by atoms with Crippen molar-refractivity contribution in [1.29, 1.82) is 0 Å². The summed E-state index contributed by atoms with van der Waals surface area (Å²) in [5, 5.41) is 3.40. The average molecular weight is 290 g/mol. The van der Waals surface area contributed by atoms with Crippen LogP contribution < -0.4 is 5.32 Å². The third kappa shape index (κ3) is 3.91. The second kappa shape index (κ2) is 6.85. The molecule has 1 unspecified atom stereocenters. The van der Waals surface area contributed by atoms with Gasteiger partial charge < -0.3 is 15.0 Å². The van der Waals surface area contributed by atoms with Gasteiger partial charge in [0.15, 0.2) is 0 Å². The van der Waals surface area contributed by atoms with Crippen molar-refractivity contribution in [3.63, 3.8) is 0 Å². The van der Waals surface area contributed by atoms with Gasteiger partial charge >= 0.3 is 0 Å². The van der Waals surface area contributed by atoms with Crippen LogP contribution in [-0.4, -0.2) is 52.6 Å². The zero-order valence-electron chi connectivity index (χ0n) is 12.2. The fourth-order valence-corrected chi connectivity index (χ4v) is 2.99. The third-order valence-electron chi connectivity index (χ3n) is 4.21. The van der Waals surface area contributed by atoms with Crippen molar-refractivity contribution in [1.82, 2.24) is 14.9 Å². The van der Waals surface area contributed by atoms with E-state index in [1.807, 2.05) is 11.0 Å². The Balaban J connectivity index is 1.43. The van der Waals surface area contributed by atoms with E-state index in [2.05, 4.69) is 15.3 Å². The molecule has 21 heavy (non-hydrogen) atoms. The van der Waals surface area contributed by atoms with E-state index >= 15 is 0 Å². The van der Waals surface area contributed by atoms with Crippen molar-refractivity contribution in [3.05, 3.63) is 18.6 Å². The van der Waals surface area contributed by atoms with Crippen LogP contribution in [0.25, 0.3) is 0 Å². The lowest BCUT2D eigenvalue weighted by molar-refractivity contribution is -0.134. The molecule has 6 heteroatoms. The Kier molecular flexibility index (Phi) is 4.65. The summed E-state index contributed by atoms with van der Waals surface area (Å²) in [6.07, 6.45) is 8.00. The van der Waals surface area contributed by atoms with Crippen LogP contribution in [0, 0.1) is 0 Å². The molecular formula is C15H22N4O2. The zero-order chi connectivity index (χ0) is 14.5. The Bertz CT molecular complexity index is 454. The van der Waals surface area contributed by atoms with E-state index in [1.165, 1.54) is 0 Å². The number of ether oxygens (including phenoxy) is 1. The second-order valence-corrected chi connectivity index (χ2v) is 5.73. The number of anilines is 1. The molecule has 0 saturated carbocycles. The molecule has 2 fully saturated rings. The molecule has 0 bridgehead atoms. The quantitative estimate of drug-likeness (QED) is 0.909. The molecule has 0 aliphatic carbocycles. The van der Waals surface area contributed by atoms with Crippen molar-refractivity contribution >= 4 is 11.7 Å². The minimum absolute atomic E-state index is 0.148. The van der Waals surface area contributed by atoms with Gasteiger partial charge in [0.05, 0.1) is 12.5 Å². The molecule has 1 aromatic rings. The van der Waals surface area contributed by atoms with E-state index in [0.717, 1.165) is 51.2 Å². The van der Waals surface area contributed by atoms with Crippen molar-refractivity contribution in [2.75, 3.05) is 25.0 Å². The molecule has 0 radical (unpaired) electrons. The van der Waals surface area contributed by atoms with E-state index < -0.39 is 0 Å². The van der Waals surface area contributed by atoms with Gasteiger partial charge in [0.25, 0.3) is 0 Å². The van der Waals surface area contributed by atoms with Gasteiger partial charge in [-0.05, 0) is 31.7 Å². The molecule has 0 aromatic carbocycles. The zero-order valence-corrected chi connectivity index (χ0v) is 12.2. The van der Waals surface area contributed by atoms with Crippen molar-refractivity contribution < 1.29 is 9.53 Å². The molecule has 3 heterocycles. The fourth-order valence-electron chi connectivity index (χ4n) is 2.99. The van der Waals surface area contributed by atoms with Crippen LogP contribution in [-0.2, 0) is 9.53 Å². The van der Waals surface area contributed by atoms with Crippen molar-refractivity contribution in [3.8, 4) is 0 Å². The maximum atomic E-state index is 12.2. The summed E-state index contributed by atoms with van der Waals surface area (Å²) in [5.74, 6) is 1.09. The van der Waals surface area contributed by atoms with Crippen molar-refractivity contribution in [2.24, 2.45) is 0 Å². The van der Waals surface area contributed by atoms with Gasteiger partial charge in [-0.2, -0.15) is 0 Å². The van der Waals surface area contributed by atoms with Crippen LogP contribution in [0.1, 0.15) is 32.1 Å². The van der Waals surface area contributed by atoms with Gasteiger partial charge in [-0.1, -0.05) is 0 Å². The first kappa shape index (κ1) is 14.3. The summed E-state index contributed by atoms with van der Waals surface area (Å²) in [5.41, 5.74) is 0. The Morgan fingerprint density at radius 1 is 1.38 bits per heavy atom. The summed E-state index contributed by atoms with van der Waals surface area (Å²) in [4.78, 5) is 22.3. The molecule has 1 N–H and O–H groups in total. The number of amides is 1. The van der Waals surface area contributed by atoms with Gasteiger partial charge in [0.1, 0.15) is 12.1 Å². The highest BCUT2D eigenvalue weighted by Crippen LogP contribution is 2.19. The highest BCUT2D eigenvalue weighted by molar-refractivity contribution is 5.76. The lowest BCUT2D eigenvalue weighted by Crippen LogP contribution is -2.43. The highest BCUT2D eigenvalue weighted by Gasteiger charge is 2.26. The van der Waals surface area contributed by atoms with Gasteiger partial charge in [0, 0.05) is 31.9 Å². The first-order valence-electron chi connectivity index (χ1n) is 7.73. The van der Waals surface area contributed by atoms with Gasteiger partial charge in [-0.25, -0.2) is 9.97 Å².